The summed E-state index contributed by atoms with van der Waals surface area (Å²) in [6.45, 7) is 0. The van der Waals surface area contributed by atoms with Crippen molar-refractivity contribution in [1.29, 1.82) is 0 Å². The molecule has 0 aromatic heterocycles. The summed E-state index contributed by atoms with van der Waals surface area (Å²) < 4.78 is 0.511. The Morgan fingerprint density at radius 1 is 1.27 bits per heavy atom. The van der Waals surface area contributed by atoms with Crippen LogP contribution in [0.5, 0.6) is 0 Å². The highest BCUT2D eigenvalue weighted by atomic mass is 79.9. The van der Waals surface area contributed by atoms with E-state index in [4.69, 9.17) is 23.2 Å². The van der Waals surface area contributed by atoms with E-state index in [1.54, 1.807) is 12.1 Å². The Kier molecular flexibility index (Phi) is 5.33. The second-order valence-corrected chi connectivity index (χ2v) is 6.28. The molecule has 2 aromatic carbocycles. The molecule has 0 spiro atoms. The van der Waals surface area contributed by atoms with Crippen molar-refractivity contribution in [1.82, 2.24) is 0 Å². The zero-order valence-corrected chi connectivity index (χ0v) is 14.7. The van der Waals surface area contributed by atoms with Gasteiger partial charge in [0.15, 0.2) is 0 Å². The average molecular weight is 422 g/mol. The number of nitrogens with zero attached hydrogens (tertiary/aromatic N) is 2. The number of halogens is 3. The summed E-state index contributed by atoms with van der Waals surface area (Å²) in [6.07, 6.45) is 0.424. The van der Waals surface area contributed by atoms with Crippen LogP contribution in [0.1, 0.15) is 0 Å². The molecular weight excluding hydrogens is 415 g/mol. The first kappa shape index (κ1) is 17.1. The normalized spacial score (nSPS) is 10.4. The van der Waals surface area contributed by atoms with Gasteiger partial charge < -0.3 is 0 Å². The molecule has 0 bridgehead atoms. The lowest BCUT2D eigenvalue weighted by molar-refractivity contribution is -0.384. The topological polar surface area (TPSA) is 63.5 Å². The lowest BCUT2D eigenvalue weighted by Gasteiger charge is -2.21. The fraction of sp³-hybridized carbons (Fsp3) is 0. The molecule has 2 aromatic rings. The molecular formula is C13H7BrCl2N2O3S. The molecule has 0 aliphatic carbocycles. The molecule has 0 radical (unpaired) electrons. The Balaban J connectivity index is 2.72. The van der Waals surface area contributed by atoms with Crippen LogP contribution in [0.15, 0.2) is 39.7 Å². The van der Waals surface area contributed by atoms with Crippen LogP contribution in [-0.4, -0.2) is 11.3 Å². The number of thiol groups is 1. The maximum Gasteiger partial charge on any atom is 0.294 e. The summed E-state index contributed by atoms with van der Waals surface area (Å²) in [5.41, 5.74) is -0.0224. The van der Waals surface area contributed by atoms with Crippen LogP contribution in [0, 0.1) is 10.1 Å². The Bertz CT molecular complexity index is 773. The van der Waals surface area contributed by atoms with Crippen LogP contribution in [-0.2, 0) is 4.79 Å². The van der Waals surface area contributed by atoms with Crippen LogP contribution < -0.4 is 4.90 Å². The smallest absolute Gasteiger partial charge is 0.278 e. The van der Waals surface area contributed by atoms with Gasteiger partial charge in [-0.05, 0) is 24.3 Å². The van der Waals surface area contributed by atoms with Gasteiger partial charge in [-0.15, -0.1) is 12.6 Å². The van der Waals surface area contributed by atoms with Crippen LogP contribution in [0.2, 0.25) is 10.0 Å². The number of anilines is 2. The highest BCUT2D eigenvalue weighted by Crippen LogP contribution is 2.43. The fourth-order valence-electron chi connectivity index (χ4n) is 1.84. The number of amides is 1. The van der Waals surface area contributed by atoms with Gasteiger partial charge in [0.05, 0.1) is 20.7 Å². The van der Waals surface area contributed by atoms with Gasteiger partial charge in [0.25, 0.3) is 5.69 Å². The van der Waals surface area contributed by atoms with Crippen LogP contribution in [0.3, 0.4) is 0 Å². The minimum Gasteiger partial charge on any atom is -0.278 e. The van der Waals surface area contributed by atoms with E-state index in [2.05, 4.69) is 28.6 Å². The SMILES string of the molecule is O=CN(c1ccc(Br)cc1[N+](=O)[O-])c1c(S)ccc(Cl)c1Cl. The Morgan fingerprint density at radius 3 is 2.55 bits per heavy atom. The van der Waals surface area contributed by atoms with Gasteiger partial charge in [-0.2, -0.15) is 0 Å². The van der Waals surface area contributed by atoms with E-state index < -0.39 is 4.92 Å². The second kappa shape index (κ2) is 6.87. The third-order valence-corrected chi connectivity index (χ3v) is 4.44. The van der Waals surface area contributed by atoms with Crippen LogP contribution >= 0.6 is 51.8 Å². The molecule has 0 aliphatic heterocycles. The highest BCUT2D eigenvalue weighted by molar-refractivity contribution is 9.10. The van der Waals surface area contributed by atoms with E-state index in [-0.39, 0.29) is 27.1 Å². The van der Waals surface area contributed by atoms with Gasteiger partial charge in [0.2, 0.25) is 6.41 Å². The fourth-order valence-corrected chi connectivity index (χ4v) is 2.95. The van der Waals surface area contributed by atoms with Crippen molar-refractivity contribution in [2.45, 2.75) is 4.90 Å². The van der Waals surface area contributed by atoms with E-state index in [1.807, 2.05) is 0 Å². The molecule has 0 fully saturated rings. The minimum absolute atomic E-state index is 0.0580. The molecule has 0 saturated carbocycles. The van der Waals surface area contributed by atoms with Gasteiger partial charge >= 0.3 is 0 Å². The van der Waals surface area contributed by atoms with E-state index in [9.17, 15) is 14.9 Å². The number of carbonyl (C=O) groups is 1. The molecule has 0 N–H and O–H groups in total. The van der Waals surface area contributed by atoms with Gasteiger partial charge in [0.1, 0.15) is 5.69 Å². The Morgan fingerprint density at radius 2 is 1.95 bits per heavy atom. The number of benzene rings is 2. The summed E-state index contributed by atoms with van der Waals surface area (Å²) >= 11 is 19.5. The number of rotatable bonds is 4. The van der Waals surface area contributed by atoms with Gasteiger partial charge in [-0.1, -0.05) is 39.1 Å². The maximum absolute atomic E-state index is 11.5. The second-order valence-electron chi connectivity index (χ2n) is 4.09. The lowest BCUT2D eigenvalue weighted by Crippen LogP contribution is -2.17. The predicted molar refractivity (Wildman–Crippen MR) is 92.7 cm³/mol. The van der Waals surface area contributed by atoms with Crippen molar-refractivity contribution in [3.63, 3.8) is 0 Å². The molecule has 114 valence electrons. The number of hydrogen-bond donors (Lipinski definition) is 1. The molecule has 2 rings (SSSR count). The van der Waals surface area contributed by atoms with E-state index in [0.717, 1.165) is 4.90 Å². The molecule has 0 heterocycles. The zero-order valence-electron chi connectivity index (χ0n) is 10.7. The first-order chi connectivity index (χ1) is 10.4. The molecule has 22 heavy (non-hydrogen) atoms. The molecule has 0 atom stereocenters. The number of hydrogen-bond acceptors (Lipinski definition) is 4. The summed E-state index contributed by atoms with van der Waals surface area (Å²) in [6, 6.07) is 7.38. The lowest BCUT2D eigenvalue weighted by atomic mass is 10.2. The predicted octanol–water partition coefficient (Wildman–Crippen LogP) is 5.25. The van der Waals surface area contributed by atoms with Gasteiger partial charge in [-0.3, -0.25) is 19.8 Å². The van der Waals surface area contributed by atoms with E-state index >= 15 is 0 Å². The standard InChI is InChI=1S/C13H7BrCl2N2O3S/c14-7-1-3-9(10(5-7)18(20)21)17(6-19)13-11(22)4-2-8(15)12(13)16/h1-6,22H. The molecule has 0 aliphatic rings. The van der Waals surface area contributed by atoms with Crippen molar-refractivity contribution in [3.05, 3.63) is 55.0 Å². The van der Waals surface area contributed by atoms with E-state index in [1.165, 1.54) is 18.2 Å². The van der Waals surface area contributed by atoms with Crippen molar-refractivity contribution < 1.29 is 9.72 Å². The van der Waals surface area contributed by atoms with Crippen LogP contribution in [0.25, 0.3) is 0 Å². The third kappa shape index (κ3) is 3.22. The quantitative estimate of drug-likeness (QED) is 0.317. The zero-order chi connectivity index (χ0) is 16.4. The first-order valence-electron chi connectivity index (χ1n) is 5.72. The maximum atomic E-state index is 11.5. The average Bonchev–Trinajstić information content (AvgIpc) is 2.48. The molecule has 1 amide bonds. The van der Waals surface area contributed by atoms with Crippen molar-refractivity contribution in [2.75, 3.05) is 4.90 Å². The number of carbonyl (C=O) groups excluding carboxylic acids is 1. The first-order valence-corrected chi connectivity index (χ1v) is 7.72. The van der Waals surface area contributed by atoms with Crippen molar-refractivity contribution >= 4 is 75.2 Å². The summed E-state index contributed by atoms with van der Waals surface area (Å²) in [5.74, 6) is 0. The number of nitro benzene ring substituents is 1. The minimum atomic E-state index is -0.590. The largest absolute Gasteiger partial charge is 0.294 e. The summed E-state index contributed by atoms with van der Waals surface area (Å²) in [7, 11) is 0. The van der Waals surface area contributed by atoms with Crippen molar-refractivity contribution in [2.24, 2.45) is 0 Å². The molecule has 0 unspecified atom stereocenters. The summed E-state index contributed by atoms with van der Waals surface area (Å²) in [5, 5.41) is 11.5. The molecule has 9 heteroatoms. The van der Waals surface area contributed by atoms with E-state index in [0.29, 0.717) is 15.8 Å². The monoisotopic (exact) mass is 420 g/mol. The van der Waals surface area contributed by atoms with Gasteiger partial charge in [-0.25, -0.2) is 0 Å². The Labute approximate surface area is 149 Å². The van der Waals surface area contributed by atoms with Gasteiger partial charge in [0, 0.05) is 15.4 Å². The van der Waals surface area contributed by atoms with Crippen molar-refractivity contribution in [3.8, 4) is 0 Å². The molecule has 5 nitrogen and oxygen atoms in total. The number of nitro groups is 1. The Hall–Kier alpha value is -1.28. The summed E-state index contributed by atoms with van der Waals surface area (Å²) in [4.78, 5) is 23.6. The molecule has 0 saturated heterocycles. The third-order valence-electron chi connectivity index (χ3n) is 2.79. The highest BCUT2D eigenvalue weighted by Gasteiger charge is 2.24. The van der Waals surface area contributed by atoms with Crippen LogP contribution in [0.4, 0.5) is 17.1 Å².